The monoisotopic (exact) mass is 346 g/mol. The van der Waals surface area contributed by atoms with Gasteiger partial charge in [-0.1, -0.05) is 28.1 Å². The first-order chi connectivity index (χ1) is 9.30. The molecule has 106 valence electrons. The zero-order valence-electron chi connectivity index (χ0n) is 10.1. The largest absolute Gasteiger partial charge is 0.431 e. The molecule has 2 rings (SSSR count). The minimum Gasteiger partial charge on any atom is -0.398 e. The van der Waals surface area contributed by atoms with Crippen LogP contribution < -0.4 is 11.3 Å². The van der Waals surface area contributed by atoms with Gasteiger partial charge in [0.25, 0.3) is 5.56 Å². The van der Waals surface area contributed by atoms with Gasteiger partial charge in [0.15, 0.2) is 0 Å². The van der Waals surface area contributed by atoms with Crippen molar-refractivity contribution >= 4 is 21.6 Å². The number of benzene rings is 1. The van der Waals surface area contributed by atoms with Gasteiger partial charge in [0.1, 0.15) is 5.69 Å². The summed E-state index contributed by atoms with van der Waals surface area (Å²) in [5.41, 5.74) is 4.78. The third-order valence-corrected chi connectivity index (χ3v) is 3.55. The van der Waals surface area contributed by atoms with E-state index < -0.39 is 17.4 Å². The lowest BCUT2D eigenvalue weighted by Crippen LogP contribution is -2.28. The van der Waals surface area contributed by atoms with E-state index in [1.807, 2.05) is 0 Å². The Kier molecular flexibility index (Phi) is 3.89. The Morgan fingerprint density at radius 1 is 1.15 bits per heavy atom. The Labute approximate surface area is 121 Å². The van der Waals surface area contributed by atoms with Gasteiger partial charge in [-0.3, -0.25) is 9.36 Å². The van der Waals surface area contributed by atoms with Crippen molar-refractivity contribution in [2.75, 3.05) is 5.73 Å². The number of nitrogen functional groups attached to an aromatic ring is 1. The minimum atomic E-state index is -4.60. The molecule has 0 aliphatic heterocycles. The highest BCUT2D eigenvalue weighted by Gasteiger charge is 2.34. The van der Waals surface area contributed by atoms with E-state index in [4.69, 9.17) is 5.73 Å². The van der Waals surface area contributed by atoms with E-state index in [2.05, 4.69) is 15.9 Å². The second-order valence-electron chi connectivity index (χ2n) is 4.14. The van der Waals surface area contributed by atoms with Gasteiger partial charge in [-0.15, -0.1) is 0 Å². The highest BCUT2D eigenvalue weighted by molar-refractivity contribution is 9.10. The van der Waals surface area contributed by atoms with Crippen LogP contribution in [0.25, 0.3) is 0 Å². The Hall–Kier alpha value is -1.76. The number of hydrogen-bond acceptors (Lipinski definition) is 2. The van der Waals surface area contributed by atoms with E-state index in [0.717, 1.165) is 18.2 Å². The van der Waals surface area contributed by atoms with Crippen molar-refractivity contribution < 1.29 is 13.2 Å². The number of nitrogens with zero attached hydrogens (tertiary/aromatic N) is 1. The lowest BCUT2D eigenvalue weighted by atomic mass is 10.1. The molecule has 2 N–H and O–H groups in total. The lowest BCUT2D eigenvalue weighted by Gasteiger charge is -2.16. The molecular weight excluding hydrogens is 337 g/mol. The molecule has 20 heavy (non-hydrogen) atoms. The number of alkyl halides is 3. The number of halogens is 4. The van der Waals surface area contributed by atoms with E-state index in [1.54, 1.807) is 18.2 Å². The molecule has 0 saturated carbocycles. The van der Waals surface area contributed by atoms with E-state index in [9.17, 15) is 18.0 Å². The fourth-order valence-corrected chi connectivity index (χ4v) is 2.34. The molecule has 0 bridgehead atoms. The number of pyridine rings is 1. The third-order valence-electron chi connectivity index (χ3n) is 2.81. The van der Waals surface area contributed by atoms with E-state index >= 15 is 0 Å². The van der Waals surface area contributed by atoms with Crippen LogP contribution in [0.4, 0.5) is 18.9 Å². The van der Waals surface area contributed by atoms with Crippen LogP contribution in [-0.4, -0.2) is 4.57 Å². The van der Waals surface area contributed by atoms with Crippen LogP contribution in [0.15, 0.2) is 45.7 Å². The molecule has 7 heteroatoms. The van der Waals surface area contributed by atoms with E-state index in [0.29, 0.717) is 20.3 Å². The predicted octanol–water partition coefficient (Wildman–Crippen LogP) is 3.26. The van der Waals surface area contributed by atoms with Gasteiger partial charge in [-0.25, -0.2) is 0 Å². The van der Waals surface area contributed by atoms with Gasteiger partial charge in [0.05, 0.1) is 6.54 Å². The number of aromatic nitrogens is 1. The van der Waals surface area contributed by atoms with Crippen molar-refractivity contribution in [3.8, 4) is 0 Å². The Morgan fingerprint density at radius 3 is 2.40 bits per heavy atom. The first-order valence-corrected chi connectivity index (χ1v) is 6.40. The normalized spacial score (nSPS) is 11.6. The molecule has 2 aromatic rings. The van der Waals surface area contributed by atoms with Gasteiger partial charge in [0.2, 0.25) is 0 Å². The van der Waals surface area contributed by atoms with E-state index in [-0.39, 0.29) is 6.54 Å². The molecule has 0 aliphatic rings. The topological polar surface area (TPSA) is 48.0 Å². The fraction of sp³-hybridized carbons (Fsp3) is 0.154. The maximum atomic E-state index is 12.9. The zero-order valence-corrected chi connectivity index (χ0v) is 11.7. The molecule has 3 nitrogen and oxygen atoms in total. The van der Waals surface area contributed by atoms with Gasteiger partial charge < -0.3 is 5.73 Å². The quantitative estimate of drug-likeness (QED) is 0.848. The van der Waals surface area contributed by atoms with Crippen LogP contribution >= 0.6 is 15.9 Å². The predicted molar refractivity (Wildman–Crippen MR) is 73.4 cm³/mol. The molecule has 0 atom stereocenters. The molecule has 1 aromatic carbocycles. The zero-order chi connectivity index (χ0) is 14.9. The van der Waals surface area contributed by atoms with Crippen LogP contribution in [0, 0.1) is 0 Å². The maximum Gasteiger partial charge on any atom is 0.431 e. The first-order valence-electron chi connectivity index (χ1n) is 5.60. The third kappa shape index (κ3) is 2.87. The first kappa shape index (κ1) is 14.6. The van der Waals surface area contributed by atoms with Crippen molar-refractivity contribution in [1.82, 2.24) is 4.57 Å². The molecule has 0 unspecified atom stereocenters. The average molecular weight is 347 g/mol. The minimum absolute atomic E-state index is 0.248. The number of hydrogen-bond donors (Lipinski definition) is 1. The molecule has 0 fully saturated rings. The Bertz CT molecular complexity index is 674. The number of anilines is 1. The van der Waals surface area contributed by atoms with Gasteiger partial charge >= 0.3 is 6.18 Å². The summed E-state index contributed by atoms with van der Waals surface area (Å²) < 4.78 is 40.0. The van der Waals surface area contributed by atoms with Gasteiger partial charge in [0, 0.05) is 21.8 Å². The van der Waals surface area contributed by atoms with Crippen LogP contribution in [0.3, 0.4) is 0 Å². The number of nitrogens with two attached hydrogens (primary N) is 1. The van der Waals surface area contributed by atoms with Crippen LogP contribution in [0.1, 0.15) is 11.3 Å². The van der Waals surface area contributed by atoms with E-state index in [1.165, 1.54) is 0 Å². The van der Waals surface area contributed by atoms with Gasteiger partial charge in [-0.2, -0.15) is 13.2 Å². The summed E-state index contributed by atoms with van der Waals surface area (Å²) in [7, 11) is 0. The maximum absolute atomic E-state index is 12.9. The fourth-order valence-electron chi connectivity index (χ4n) is 1.83. The highest BCUT2D eigenvalue weighted by Crippen LogP contribution is 2.30. The van der Waals surface area contributed by atoms with Crippen LogP contribution in [-0.2, 0) is 12.7 Å². The summed E-state index contributed by atoms with van der Waals surface area (Å²) >= 11 is 3.23. The summed E-state index contributed by atoms with van der Waals surface area (Å²) in [5.74, 6) is 0. The van der Waals surface area contributed by atoms with Crippen molar-refractivity contribution in [2.45, 2.75) is 12.7 Å². The standard InChI is InChI=1S/C13H10BrF3N2O/c14-9-3-1-4-10(18)8(9)7-19-11(13(15,16)17)5-2-6-12(19)20/h1-6H,7,18H2. The number of rotatable bonds is 2. The molecule has 0 spiro atoms. The summed E-state index contributed by atoms with van der Waals surface area (Å²) in [6.45, 7) is -0.248. The molecule has 0 radical (unpaired) electrons. The van der Waals surface area contributed by atoms with Gasteiger partial charge in [-0.05, 0) is 18.2 Å². The molecule has 1 heterocycles. The summed E-state index contributed by atoms with van der Waals surface area (Å²) in [6.07, 6.45) is -4.60. The van der Waals surface area contributed by atoms with Crippen molar-refractivity contribution in [1.29, 1.82) is 0 Å². The smallest absolute Gasteiger partial charge is 0.398 e. The van der Waals surface area contributed by atoms with Crippen molar-refractivity contribution in [3.63, 3.8) is 0 Å². The summed E-state index contributed by atoms with van der Waals surface area (Å²) in [6, 6.07) is 7.94. The highest BCUT2D eigenvalue weighted by atomic mass is 79.9. The molecule has 0 saturated heterocycles. The summed E-state index contributed by atoms with van der Waals surface area (Å²) in [4.78, 5) is 11.7. The summed E-state index contributed by atoms with van der Waals surface area (Å²) in [5, 5.41) is 0. The Balaban J connectivity index is 2.57. The molecule has 0 amide bonds. The molecule has 0 aliphatic carbocycles. The van der Waals surface area contributed by atoms with Crippen molar-refractivity contribution in [2.24, 2.45) is 0 Å². The second-order valence-corrected chi connectivity index (χ2v) is 5.00. The molecular formula is C13H10BrF3N2O. The van der Waals surface area contributed by atoms with Crippen LogP contribution in [0.5, 0.6) is 0 Å². The lowest BCUT2D eigenvalue weighted by molar-refractivity contribution is -0.144. The SMILES string of the molecule is Nc1cccc(Br)c1Cn1c(C(F)(F)F)cccc1=O. The average Bonchev–Trinajstić information content (AvgIpc) is 2.34. The molecule has 1 aromatic heterocycles. The Morgan fingerprint density at radius 2 is 1.80 bits per heavy atom. The van der Waals surface area contributed by atoms with Crippen molar-refractivity contribution in [3.05, 3.63) is 62.5 Å². The second kappa shape index (κ2) is 5.32. The van der Waals surface area contributed by atoms with Crippen LogP contribution in [0.2, 0.25) is 0 Å².